The molecule has 0 aliphatic rings. The molecule has 2 aromatic rings. The molecule has 0 saturated heterocycles. The molecule has 1 amide bonds. The zero-order valence-corrected chi connectivity index (χ0v) is 14.0. The lowest BCUT2D eigenvalue weighted by Gasteiger charge is -2.05. The first-order valence-corrected chi connectivity index (χ1v) is 8.28. The van der Waals surface area contributed by atoms with Crippen LogP contribution in [-0.4, -0.2) is 24.3 Å². The fraction of sp³-hybridized carbons (Fsp3) is 0.167. The molecule has 0 aliphatic heterocycles. The Kier molecular flexibility index (Phi) is 6.45. The summed E-state index contributed by atoms with van der Waals surface area (Å²) in [5.74, 6) is -0.967. The van der Waals surface area contributed by atoms with Crippen LogP contribution in [0.5, 0.6) is 0 Å². The van der Waals surface area contributed by atoms with Gasteiger partial charge in [0.15, 0.2) is 12.4 Å². The second kappa shape index (κ2) is 8.79. The molecule has 0 saturated carbocycles. The summed E-state index contributed by atoms with van der Waals surface area (Å²) in [6, 6.07) is 10.2. The Hall–Kier alpha value is -2.73. The Bertz CT molecular complexity index is 733. The Balaban J connectivity index is 1.83. The second-order valence-electron chi connectivity index (χ2n) is 4.86. The van der Waals surface area contributed by atoms with Crippen molar-refractivity contribution in [2.75, 3.05) is 11.9 Å². The monoisotopic (exact) mass is 343 g/mol. The van der Waals surface area contributed by atoms with Gasteiger partial charge < -0.3 is 10.1 Å². The van der Waals surface area contributed by atoms with Crippen LogP contribution in [0.2, 0.25) is 0 Å². The number of anilines is 1. The normalized spacial score (nSPS) is 10.5. The van der Waals surface area contributed by atoms with Crippen molar-refractivity contribution in [3.8, 4) is 0 Å². The van der Waals surface area contributed by atoms with Crippen LogP contribution in [-0.2, 0) is 14.3 Å². The van der Waals surface area contributed by atoms with E-state index < -0.39 is 5.97 Å². The molecule has 124 valence electrons. The van der Waals surface area contributed by atoms with Crippen LogP contribution in [0, 0.1) is 0 Å². The molecule has 0 spiro atoms. The molecule has 0 unspecified atom stereocenters. The Morgan fingerprint density at radius 2 is 1.92 bits per heavy atom. The van der Waals surface area contributed by atoms with Crippen molar-refractivity contribution in [2.24, 2.45) is 0 Å². The molecule has 0 atom stereocenters. The van der Waals surface area contributed by atoms with E-state index in [1.807, 2.05) is 17.5 Å². The van der Waals surface area contributed by atoms with E-state index in [1.165, 1.54) is 17.4 Å². The molecular weight excluding hydrogens is 326 g/mol. The number of esters is 1. The third-order valence-electron chi connectivity index (χ3n) is 3.08. The van der Waals surface area contributed by atoms with Gasteiger partial charge in [-0.15, -0.1) is 11.3 Å². The van der Waals surface area contributed by atoms with E-state index in [4.69, 9.17) is 4.74 Å². The highest BCUT2D eigenvalue weighted by Gasteiger charge is 2.09. The number of carbonyl (C=O) groups excluding carboxylic acids is 3. The Morgan fingerprint density at radius 1 is 1.17 bits per heavy atom. The highest BCUT2D eigenvalue weighted by Crippen LogP contribution is 2.12. The van der Waals surface area contributed by atoms with Crippen LogP contribution >= 0.6 is 11.3 Å². The van der Waals surface area contributed by atoms with Gasteiger partial charge in [0.2, 0.25) is 5.91 Å². The summed E-state index contributed by atoms with van der Waals surface area (Å²) < 4.78 is 4.93. The Morgan fingerprint density at radius 3 is 2.54 bits per heavy atom. The van der Waals surface area contributed by atoms with Gasteiger partial charge in [-0.05, 0) is 41.8 Å². The molecule has 0 bridgehead atoms. The number of thiophene rings is 1. The van der Waals surface area contributed by atoms with Crippen molar-refractivity contribution in [2.45, 2.75) is 13.3 Å². The van der Waals surface area contributed by atoms with Gasteiger partial charge in [0.1, 0.15) is 0 Å². The van der Waals surface area contributed by atoms with Gasteiger partial charge in [0.05, 0.1) is 0 Å². The van der Waals surface area contributed by atoms with Gasteiger partial charge in [0, 0.05) is 28.6 Å². The topological polar surface area (TPSA) is 72.5 Å². The minimum atomic E-state index is -0.566. The molecule has 1 N–H and O–H groups in total. The predicted molar refractivity (Wildman–Crippen MR) is 94.0 cm³/mol. The van der Waals surface area contributed by atoms with Crippen molar-refractivity contribution >= 4 is 40.8 Å². The number of ketones is 1. The number of Topliss-reactive ketones (excluding diaryl/α,β-unsaturated/α-hetero) is 1. The van der Waals surface area contributed by atoms with Crippen LogP contribution in [0.4, 0.5) is 5.69 Å². The molecule has 1 aromatic heterocycles. The van der Waals surface area contributed by atoms with E-state index in [1.54, 1.807) is 37.3 Å². The lowest BCUT2D eigenvalue weighted by molar-refractivity contribution is -0.136. The van der Waals surface area contributed by atoms with E-state index >= 15 is 0 Å². The number of amides is 1. The van der Waals surface area contributed by atoms with E-state index in [-0.39, 0.29) is 18.3 Å². The average molecular weight is 343 g/mol. The molecule has 0 fully saturated rings. The molecular formula is C18H17NO4S. The van der Waals surface area contributed by atoms with Gasteiger partial charge >= 0.3 is 5.97 Å². The van der Waals surface area contributed by atoms with E-state index in [2.05, 4.69) is 5.32 Å². The van der Waals surface area contributed by atoms with Gasteiger partial charge in [0.25, 0.3) is 0 Å². The summed E-state index contributed by atoms with van der Waals surface area (Å²) >= 11 is 1.50. The highest BCUT2D eigenvalue weighted by molar-refractivity contribution is 7.10. The van der Waals surface area contributed by atoms with Gasteiger partial charge in [-0.2, -0.15) is 0 Å². The fourth-order valence-corrected chi connectivity index (χ4v) is 2.41. The number of benzene rings is 1. The maximum absolute atomic E-state index is 12.0. The van der Waals surface area contributed by atoms with Crippen molar-refractivity contribution in [3.63, 3.8) is 0 Å². The van der Waals surface area contributed by atoms with E-state index in [9.17, 15) is 14.4 Å². The number of rotatable bonds is 7. The maximum Gasteiger partial charge on any atom is 0.331 e. The van der Waals surface area contributed by atoms with Crippen molar-refractivity contribution in [1.29, 1.82) is 0 Å². The maximum atomic E-state index is 12.0. The van der Waals surface area contributed by atoms with Crippen LogP contribution in [0.15, 0.2) is 47.9 Å². The summed E-state index contributed by atoms with van der Waals surface area (Å²) in [6.45, 7) is 1.43. The van der Waals surface area contributed by atoms with Crippen LogP contribution < -0.4 is 5.32 Å². The van der Waals surface area contributed by atoms with E-state index in [0.717, 1.165) is 4.88 Å². The molecule has 1 heterocycles. The molecule has 0 aliphatic carbocycles. The lowest BCUT2D eigenvalue weighted by Crippen LogP contribution is -2.13. The zero-order valence-electron chi connectivity index (χ0n) is 13.2. The highest BCUT2D eigenvalue weighted by atomic mass is 32.1. The fourth-order valence-electron chi connectivity index (χ4n) is 1.79. The van der Waals surface area contributed by atoms with Gasteiger partial charge in [-0.1, -0.05) is 13.0 Å². The van der Waals surface area contributed by atoms with Crippen molar-refractivity contribution in [3.05, 3.63) is 58.3 Å². The quantitative estimate of drug-likeness (QED) is 0.474. The lowest BCUT2D eigenvalue weighted by atomic mass is 10.1. The number of nitrogens with one attached hydrogen (secondary N) is 1. The van der Waals surface area contributed by atoms with Crippen LogP contribution in [0.25, 0.3) is 6.08 Å². The summed E-state index contributed by atoms with van der Waals surface area (Å²) in [4.78, 5) is 35.8. The summed E-state index contributed by atoms with van der Waals surface area (Å²) in [5.41, 5.74) is 1.04. The first-order chi connectivity index (χ1) is 11.6. The minimum absolute atomic E-state index is 0.0967. The third-order valence-corrected chi connectivity index (χ3v) is 3.92. The SMILES string of the molecule is CCC(=O)Nc1ccc(C(=O)COC(=O)/C=C/c2cccs2)cc1. The number of hydrogen-bond donors (Lipinski definition) is 1. The molecule has 1 aromatic carbocycles. The minimum Gasteiger partial charge on any atom is -0.454 e. The zero-order chi connectivity index (χ0) is 17.4. The first kappa shape index (κ1) is 17.6. The first-order valence-electron chi connectivity index (χ1n) is 7.40. The van der Waals surface area contributed by atoms with Gasteiger partial charge in [-0.25, -0.2) is 4.79 Å². The summed E-state index contributed by atoms with van der Waals surface area (Å²) in [7, 11) is 0. The third kappa shape index (κ3) is 5.48. The molecule has 0 radical (unpaired) electrons. The standard InChI is InChI=1S/C18H17NO4S/c1-2-17(21)19-14-7-5-13(6-8-14)16(20)12-23-18(22)10-9-15-4-3-11-24-15/h3-11H,2,12H2,1H3,(H,19,21)/b10-9+. The number of hydrogen-bond acceptors (Lipinski definition) is 5. The predicted octanol–water partition coefficient (Wildman–Crippen LogP) is 3.54. The molecule has 24 heavy (non-hydrogen) atoms. The average Bonchev–Trinajstić information content (AvgIpc) is 3.12. The Labute approximate surface area is 144 Å². The smallest absolute Gasteiger partial charge is 0.331 e. The second-order valence-corrected chi connectivity index (χ2v) is 5.84. The number of carbonyl (C=O) groups is 3. The summed E-state index contributed by atoms with van der Waals surface area (Å²) in [5, 5.41) is 4.60. The number of ether oxygens (including phenoxy) is 1. The largest absolute Gasteiger partial charge is 0.454 e. The van der Waals surface area contributed by atoms with Crippen LogP contribution in [0.3, 0.4) is 0 Å². The van der Waals surface area contributed by atoms with E-state index in [0.29, 0.717) is 17.7 Å². The molecule has 6 heteroatoms. The van der Waals surface area contributed by atoms with Crippen molar-refractivity contribution < 1.29 is 19.1 Å². The van der Waals surface area contributed by atoms with Crippen LogP contribution in [0.1, 0.15) is 28.6 Å². The van der Waals surface area contributed by atoms with Gasteiger partial charge in [-0.3, -0.25) is 9.59 Å². The van der Waals surface area contributed by atoms with Crippen molar-refractivity contribution in [1.82, 2.24) is 0 Å². The molecule has 5 nitrogen and oxygen atoms in total. The summed E-state index contributed by atoms with van der Waals surface area (Å²) in [6.07, 6.45) is 3.32. The molecule has 2 rings (SSSR count).